The number of halogens is 2. The molecule has 3 nitrogen and oxygen atoms in total. The van der Waals surface area contributed by atoms with Gasteiger partial charge in [0.1, 0.15) is 0 Å². The van der Waals surface area contributed by atoms with E-state index in [2.05, 4.69) is 37.2 Å². The van der Waals surface area contributed by atoms with Crippen LogP contribution >= 0.6 is 43.2 Å². The normalized spacial score (nSPS) is 11.4. The third-order valence-electron chi connectivity index (χ3n) is 2.15. The molecule has 1 rings (SSSR count). The number of rotatable bonds is 3. The number of nitrogens with one attached hydrogen (secondary N) is 1. The first kappa shape index (κ1) is 14.9. The molecule has 0 aliphatic carbocycles. The molecule has 0 saturated heterocycles. The minimum absolute atomic E-state index is 0.0104. The van der Waals surface area contributed by atoms with E-state index >= 15 is 0 Å². The average Bonchev–Trinajstić information content (AvgIpc) is 2.52. The molecular weight excluding hydrogens is 370 g/mol. The van der Waals surface area contributed by atoms with Crippen molar-refractivity contribution in [3.8, 4) is 0 Å². The zero-order valence-corrected chi connectivity index (χ0v) is 13.8. The fourth-order valence-corrected chi connectivity index (χ4v) is 3.81. The molecule has 1 aromatic heterocycles. The highest BCUT2D eigenvalue weighted by Crippen LogP contribution is 2.31. The van der Waals surface area contributed by atoms with E-state index in [-0.39, 0.29) is 18.2 Å². The lowest BCUT2D eigenvalue weighted by atomic mass is 9.91. The number of hydrogen-bond acceptors (Lipinski definition) is 3. The van der Waals surface area contributed by atoms with Crippen LogP contribution in [0.15, 0.2) is 13.6 Å². The summed E-state index contributed by atoms with van der Waals surface area (Å²) in [4.78, 5) is 23.5. The first-order chi connectivity index (χ1) is 7.71. The maximum Gasteiger partial charge on any atom is 0.253 e. The van der Waals surface area contributed by atoms with E-state index in [4.69, 9.17) is 0 Å². The second-order valence-corrected chi connectivity index (χ2v) is 8.34. The van der Waals surface area contributed by atoms with Crippen molar-refractivity contribution < 1.29 is 9.59 Å². The molecule has 1 heterocycles. The lowest BCUT2D eigenvalue weighted by Crippen LogP contribution is -2.35. The van der Waals surface area contributed by atoms with Gasteiger partial charge in [0, 0.05) is 5.41 Å². The van der Waals surface area contributed by atoms with E-state index in [1.54, 1.807) is 6.07 Å². The van der Waals surface area contributed by atoms with Crippen LogP contribution in [0.4, 0.5) is 0 Å². The molecule has 0 saturated carbocycles. The van der Waals surface area contributed by atoms with Crippen molar-refractivity contribution in [2.45, 2.75) is 20.8 Å². The van der Waals surface area contributed by atoms with Crippen molar-refractivity contribution in [1.29, 1.82) is 0 Å². The number of hydrogen-bond donors (Lipinski definition) is 1. The number of carbonyl (C=O) groups is 2. The summed E-state index contributed by atoms with van der Waals surface area (Å²) in [6, 6.07) is 1.73. The van der Waals surface area contributed by atoms with E-state index in [1.807, 2.05) is 20.8 Å². The summed E-state index contributed by atoms with van der Waals surface area (Å²) >= 11 is 8.04. The van der Waals surface area contributed by atoms with Gasteiger partial charge in [-0.15, -0.1) is 11.3 Å². The molecule has 1 amide bonds. The standard InChI is InChI=1S/C11H13Br2NO2S/c1-11(2,3)7(15)5-14-10(16)6-4-8(12)17-9(6)13/h4H,5H2,1-3H3,(H,14,16). The van der Waals surface area contributed by atoms with Gasteiger partial charge in [0.2, 0.25) is 0 Å². The molecule has 0 radical (unpaired) electrons. The van der Waals surface area contributed by atoms with E-state index in [1.165, 1.54) is 11.3 Å². The smallest absolute Gasteiger partial charge is 0.253 e. The Hall–Kier alpha value is -0.200. The van der Waals surface area contributed by atoms with E-state index in [0.29, 0.717) is 5.56 Å². The summed E-state index contributed by atoms with van der Waals surface area (Å²) in [7, 11) is 0. The summed E-state index contributed by atoms with van der Waals surface area (Å²) in [5.41, 5.74) is 0.114. The molecule has 0 aliphatic heterocycles. The summed E-state index contributed by atoms with van der Waals surface area (Å²) in [6.45, 7) is 5.55. The van der Waals surface area contributed by atoms with Crippen LogP contribution in [0.25, 0.3) is 0 Å². The highest BCUT2D eigenvalue weighted by atomic mass is 79.9. The zero-order valence-electron chi connectivity index (χ0n) is 9.77. The summed E-state index contributed by atoms with van der Waals surface area (Å²) in [5.74, 6) is -0.229. The average molecular weight is 383 g/mol. The maximum atomic E-state index is 11.8. The Bertz CT molecular complexity index is 449. The lowest BCUT2D eigenvalue weighted by molar-refractivity contribution is -0.125. The molecule has 17 heavy (non-hydrogen) atoms. The Morgan fingerprint density at radius 2 is 1.94 bits per heavy atom. The third-order valence-corrected chi connectivity index (χ3v) is 4.49. The number of carbonyl (C=O) groups excluding carboxylic acids is 2. The molecule has 0 atom stereocenters. The van der Waals surface area contributed by atoms with Crippen molar-refractivity contribution in [2.24, 2.45) is 5.41 Å². The molecule has 0 aliphatic rings. The molecule has 0 bridgehead atoms. The summed E-state index contributed by atoms with van der Waals surface area (Å²) in [5, 5.41) is 2.63. The molecule has 94 valence electrons. The predicted octanol–water partition coefficient (Wildman–Crippen LogP) is 3.62. The summed E-state index contributed by atoms with van der Waals surface area (Å²) < 4.78 is 1.63. The predicted molar refractivity (Wildman–Crippen MR) is 76.5 cm³/mol. The van der Waals surface area contributed by atoms with Crippen LogP contribution < -0.4 is 5.32 Å². The van der Waals surface area contributed by atoms with Gasteiger partial charge in [-0.25, -0.2) is 0 Å². The Kier molecular flexibility index (Phi) is 4.92. The number of Topliss-reactive ketones (excluding diaryl/α,β-unsaturated/α-hetero) is 1. The Morgan fingerprint density at radius 1 is 1.35 bits per heavy atom. The number of thiophene rings is 1. The van der Waals surface area contributed by atoms with Crippen LogP contribution in [0.2, 0.25) is 0 Å². The zero-order chi connectivity index (χ0) is 13.2. The van der Waals surface area contributed by atoms with Crippen LogP contribution in [0.5, 0.6) is 0 Å². The third kappa shape index (κ3) is 4.19. The second kappa shape index (κ2) is 5.63. The van der Waals surface area contributed by atoms with Gasteiger partial charge in [-0.05, 0) is 37.9 Å². The molecular formula is C11H13Br2NO2S. The van der Waals surface area contributed by atoms with Gasteiger partial charge in [-0.2, -0.15) is 0 Å². The van der Waals surface area contributed by atoms with Gasteiger partial charge in [-0.1, -0.05) is 20.8 Å². The Balaban J connectivity index is 2.63. The van der Waals surface area contributed by atoms with E-state index in [9.17, 15) is 9.59 Å². The van der Waals surface area contributed by atoms with Crippen LogP contribution in [0, 0.1) is 5.41 Å². The minimum Gasteiger partial charge on any atom is -0.345 e. The van der Waals surface area contributed by atoms with Crippen molar-refractivity contribution in [2.75, 3.05) is 6.54 Å². The SMILES string of the molecule is CC(C)(C)C(=O)CNC(=O)c1cc(Br)sc1Br. The highest BCUT2D eigenvalue weighted by Gasteiger charge is 2.22. The molecule has 0 fully saturated rings. The maximum absolute atomic E-state index is 11.8. The van der Waals surface area contributed by atoms with Crippen molar-refractivity contribution in [3.05, 3.63) is 19.2 Å². The molecule has 1 N–H and O–H groups in total. The topological polar surface area (TPSA) is 46.2 Å². The molecule has 0 spiro atoms. The molecule has 0 unspecified atom stereocenters. The fraction of sp³-hybridized carbons (Fsp3) is 0.455. The number of amides is 1. The largest absolute Gasteiger partial charge is 0.345 e. The van der Waals surface area contributed by atoms with Gasteiger partial charge < -0.3 is 5.32 Å². The molecule has 6 heteroatoms. The fourth-order valence-electron chi connectivity index (χ4n) is 1.02. The first-order valence-electron chi connectivity index (χ1n) is 4.98. The Labute approximate surface area is 121 Å². The van der Waals surface area contributed by atoms with Crippen molar-refractivity contribution in [3.63, 3.8) is 0 Å². The quantitative estimate of drug-likeness (QED) is 0.867. The van der Waals surface area contributed by atoms with Crippen LogP contribution in [-0.4, -0.2) is 18.2 Å². The van der Waals surface area contributed by atoms with Crippen molar-refractivity contribution in [1.82, 2.24) is 5.32 Å². The van der Waals surface area contributed by atoms with Gasteiger partial charge in [-0.3, -0.25) is 9.59 Å². The Morgan fingerprint density at radius 3 is 2.35 bits per heavy atom. The molecule has 1 aromatic rings. The second-order valence-electron chi connectivity index (χ2n) is 4.59. The first-order valence-corrected chi connectivity index (χ1v) is 7.38. The van der Waals surface area contributed by atoms with E-state index in [0.717, 1.165) is 7.57 Å². The number of ketones is 1. The van der Waals surface area contributed by atoms with Gasteiger partial charge in [0.05, 0.1) is 19.7 Å². The monoisotopic (exact) mass is 381 g/mol. The highest BCUT2D eigenvalue weighted by molar-refractivity contribution is 9.12. The lowest BCUT2D eigenvalue weighted by Gasteiger charge is -2.16. The van der Waals surface area contributed by atoms with Gasteiger partial charge >= 0.3 is 0 Å². The minimum atomic E-state index is -0.431. The van der Waals surface area contributed by atoms with Crippen LogP contribution in [0.3, 0.4) is 0 Å². The van der Waals surface area contributed by atoms with Gasteiger partial charge in [0.25, 0.3) is 5.91 Å². The van der Waals surface area contributed by atoms with E-state index < -0.39 is 5.41 Å². The summed E-state index contributed by atoms with van der Waals surface area (Å²) in [6.07, 6.45) is 0. The van der Waals surface area contributed by atoms with Gasteiger partial charge in [0.15, 0.2) is 5.78 Å². The van der Waals surface area contributed by atoms with Crippen molar-refractivity contribution >= 4 is 54.9 Å². The van der Waals surface area contributed by atoms with Crippen LogP contribution in [-0.2, 0) is 4.79 Å². The molecule has 0 aromatic carbocycles. The van der Waals surface area contributed by atoms with Crippen LogP contribution in [0.1, 0.15) is 31.1 Å².